The number of carbonyl (C=O) groups is 4. The van der Waals surface area contributed by atoms with Crippen LogP contribution < -0.4 is 10.6 Å². The summed E-state index contributed by atoms with van der Waals surface area (Å²) in [7, 11) is 1.44. The molecule has 0 saturated heterocycles. The highest BCUT2D eigenvalue weighted by Gasteiger charge is 2.62. The van der Waals surface area contributed by atoms with Crippen LogP contribution in [0.2, 0.25) is 0 Å². The minimum Gasteiger partial charge on any atom is -0.480 e. The Kier molecular flexibility index (Phi) is 11.1. The molecule has 0 radical (unpaired) electrons. The molecule has 0 saturated carbocycles. The lowest BCUT2D eigenvalue weighted by atomic mass is 9.84. The van der Waals surface area contributed by atoms with Gasteiger partial charge in [0.25, 0.3) is 11.8 Å². The van der Waals surface area contributed by atoms with Crippen molar-refractivity contribution in [1.82, 2.24) is 10.6 Å². The molecule has 2 amide bonds. The summed E-state index contributed by atoms with van der Waals surface area (Å²) in [6.07, 6.45) is -0.0734. The van der Waals surface area contributed by atoms with E-state index in [0.29, 0.717) is 15.7 Å². The topological polar surface area (TPSA) is 133 Å². The van der Waals surface area contributed by atoms with Crippen LogP contribution in [0, 0.1) is 5.92 Å². The Bertz CT molecular complexity index is 1120. The Hall–Kier alpha value is -3.12. The van der Waals surface area contributed by atoms with E-state index in [1.54, 1.807) is 50.2 Å². The number of carbonyl (C=O) groups excluding carboxylic acids is 2. The molecule has 2 rings (SSSR count). The highest BCUT2D eigenvalue weighted by atomic mass is 33.1. The maximum Gasteiger partial charge on any atom is 0.340 e. The van der Waals surface area contributed by atoms with Crippen LogP contribution in [-0.4, -0.2) is 63.1 Å². The number of halogens is 2. The van der Waals surface area contributed by atoms with Crippen molar-refractivity contribution in [2.45, 2.75) is 54.6 Å². The van der Waals surface area contributed by atoms with E-state index < -0.39 is 52.9 Å². The van der Waals surface area contributed by atoms with Gasteiger partial charge in [-0.3, -0.25) is 9.59 Å². The summed E-state index contributed by atoms with van der Waals surface area (Å²) < 4.78 is 29.9. The summed E-state index contributed by atoms with van der Waals surface area (Å²) >= 11 is 0. The van der Waals surface area contributed by atoms with Crippen molar-refractivity contribution in [1.29, 1.82) is 0 Å². The van der Waals surface area contributed by atoms with Gasteiger partial charge in [0.15, 0.2) is 5.67 Å². The van der Waals surface area contributed by atoms with Crippen molar-refractivity contribution >= 4 is 45.3 Å². The monoisotopic (exact) mass is 568 g/mol. The smallest absolute Gasteiger partial charge is 0.340 e. The van der Waals surface area contributed by atoms with Gasteiger partial charge in [0.2, 0.25) is 5.54 Å². The van der Waals surface area contributed by atoms with E-state index >= 15 is 4.39 Å². The number of carboxylic acid groups (broad SMARTS) is 2. The van der Waals surface area contributed by atoms with Crippen LogP contribution in [0.3, 0.4) is 0 Å². The van der Waals surface area contributed by atoms with E-state index in [-0.39, 0.29) is 17.9 Å². The van der Waals surface area contributed by atoms with Gasteiger partial charge >= 0.3 is 11.9 Å². The van der Waals surface area contributed by atoms with E-state index in [1.165, 1.54) is 24.3 Å². The molecule has 0 fully saturated rings. The number of rotatable bonds is 14. The molecule has 8 nitrogen and oxygen atoms in total. The number of aliphatic carboxylic acids is 2. The Labute approximate surface area is 227 Å². The highest BCUT2D eigenvalue weighted by molar-refractivity contribution is 8.77. The third-order valence-electron chi connectivity index (χ3n) is 5.54. The molecule has 2 aromatic carbocycles. The fourth-order valence-corrected chi connectivity index (χ4v) is 6.72. The average Bonchev–Trinajstić information content (AvgIpc) is 2.87. The molecule has 4 N–H and O–H groups in total. The van der Waals surface area contributed by atoms with E-state index in [0.717, 1.165) is 17.7 Å². The van der Waals surface area contributed by atoms with Crippen molar-refractivity contribution in [2.24, 2.45) is 5.92 Å². The number of nitrogens with one attached hydrogen (secondary N) is 2. The molecular formula is C26H30F2N2O6S2. The standard InChI is InChI=1S/C26H30F2N2O6S2/c1-16(2)14-19(21(32)33)29-23(34)26(24(35)36,30-20(31)17-10-6-4-7-11-17)22(25(3,28)15-27)38-37-18-12-8-5-9-13-18/h4-13,16,19,22H,14-15H2,1-3H3,(H,29,34)(H,30,31)(H,32,33)(H,35,36). The molecule has 0 aliphatic heterocycles. The van der Waals surface area contributed by atoms with Gasteiger partial charge in [0.05, 0.1) is 5.25 Å². The molecule has 0 aromatic heterocycles. The first-order valence-corrected chi connectivity index (χ1v) is 13.8. The fourth-order valence-electron chi connectivity index (χ4n) is 3.58. The number of hydrogen-bond acceptors (Lipinski definition) is 6. The summed E-state index contributed by atoms with van der Waals surface area (Å²) in [6.45, 7) is 2.50. The summed E-state index contributed by atoms with van der Waals surface area (Å²) in [5.74, 6) is -6.16. The predicted octanol–water partition coefficient (Wildman–Crippen LogP) is 4.36. The zero-order valence-corrected chi connectivity index (χ0v) is 22.7. The van der Waals surface area contributed by atoms with E-state index in [4.69, 9.17) is 0 Å². The predicted molar refractivity (Wildman–Crippen MR) is 142 cm³/mol. The average molecular weight is 569 g/mol. The third-order valence-corrected chi connectivity index (χ3v) is 8.58. The van der Waals surface area contributed by atoms with Gasteiger partial charge in [-0.2, -0.15) is 0 Å². The second-order valence-corrected chi connectivity index (χ2v) is 11.6. The maximum atomic E-state index is 15.8. The van der Waals surface area contributed by atoms with Gasteiger partial charge < -0.3 is 20.8 Å². The van der Waals surface area contributed by atoms with Crippen molar-refractivity contribution in [3.63, 3.8) is 0 Å². The van der Waals surface area contributed by atoms with Crippen molar-refractivity contribution in [2.75, 3.05) is 6.67 Å². The van der Waals surface area contributed by atoms with Crippen molar-refractivity contribution < 1.29 is 38.2 Å². The van der Waals surface area contributed by atoms with Gasteiger partial charge in [-0.15, -0.1) is 0 Å². The van der Waals surface area contributed by atoms with Crippen molar-refractivity contribution in [3.05, 3.63) is 66.2 Å². The van der Waals surface area contributed by atoms with E-state index in [1.807, 2.05) is 0 Å². The Morgan fingerprint density at radius 2 is 1.53 bits per heavy atom. The van der Waals surface area contributed by atoms with E-state index in [2.05, 4.69) is 10.6 Å². The first kappa shape index (κ1) is 31.1. The van der Waals surface area contributed by atoms with Gasteiger partial charge in [-0.05, 0) is 43.5 Å². The molecule has 206 valence electrons. The molecule has 12 heteroatoms. The number of hydrogen-bond donors (Lipinski definition) is 4. The Morgan fingerprint density at radius 3 is 2.00 bits per heavy atom. The number of carboxylic acids is 2. The molecule has 0 aliphatic carbocycles. The first-order valence-electron chi connectivity index (χ1n) is 11.6. The second-order valence-electron chi connectivity index (χ2n) is 9.21. The third kappa shape index (κ3) is 7.70. The zero-order valence-electron chi connectivity index (χ0n) is 21.0. The molecule has 2 aromatic rings. The number of benzene rings is 2. The highest BCUT2D eigenvalue weighted by Crippen LogP contribution is 2.45. The largest absolute Gasteiger partial charge is 0.480 e. The summed E-state index contributed by atoms with van der Waals surface area (Å²) in [5, 5.41) is 22.3. The van der Waals surface area contributed by atoms with Crippen LogP contribution in [0.25, 0.3) is 0 Å². The molecule has 0 spiro atoms. The van der Waals surface area contributed by atoms with Gasteiger partial charge in [-0.25, -0.2) is 18.4 Å². The number of amides is 2. The molecule has 0 aliphatic rings. The Balaban J connectivity index is 2.67. The lowest BCUT2D eigenvalue weighted by Crippen LogP contribution is -2.73. The zero-order chi connectivity index (χ0) is 28.5. The summed E-state index contributed by atoms with van der Waals surface area (Å²) in [4.78, 5) is 52.1. The molecule has 38 heavy (non-hydrogen) atoms. The quantitative estimate of drug-likeness (QED) is 0.195. The van der Waals surface area contributed by atoms with Crippen LogP contribution in [0.1, 0.15) is 37.6 Å². The second kappa shape index (κ2) is 13.6. The first-order chi connectivity index (χ1) is 17.8. The minimum atomic E-state index is -3.10. The Morgan fingerprint density at radius 1 is 0.974 bits per heavy atom. The lowest BCUT2D eigenvalue weighted by molar-refractivity contribution is -0.154. The van der Waals surface area contributed by atoms with E-state index in [9.17, 15) is 33.8 Å². The molecule has 0 bridgehead atoms. The van der Waals surface area contributed by atoms with Crippen LogP contribution in [0.5, 0.6) is 0 Å². The molecule has 4 atom stereocenters. The summed E-state index contributed by atoms with van der Waals surface area (Å²) in [5.41, 5.74) is -6.08. The minimum absolute atomic E-state index is 0.0387. The maximum absolute atomic E-state index is 15.8. The van der Waals surface area contributed by atoms with Gasteiger partial charge in [0, 0.05) is 10.5 Å². The van der Waals surface area contributed by atoms with Crippen LogP contribution in [0.15, 0.2) is 65.6 Å². The molecular weight excluding hydrogens is 538 g/mol. The van der Waals surface area contributed by atoms with Gasteiger partial charge in [-0.1, -0.05) is 71.8 Å². The van der Waals surface area contributed by atoms with Crippen molar-refractivity contribution in [3.8, 4) is 0 Å². The molecule has 0 heterocycles. The number of alkyl halides is 2. The fraction of sp³-hybridized carbons (Fsp3) is 0.385. The van der Waals surface area contributed by atoms with Gasteiger partial charge in [0.1, 0.15) is 12.7 Å². The van der Waals surface area contributed by atoms with Crippen LogP contribution in [-0.2, 0) is 14.4 Å². The normalized spacial score (nSPS) is 15.9. The summed E-state index contributed by atoms with van der Waals surface area (Å²) in [6, 6.07) is 14.1. The SMILES string of the molecule is CC(C)CC(NC(=O)C(NC(=O)c1ccccc1)(C(=O)O)C(SSc1ccccc1)C(C)(F)CF)C(=O)O. The lowest BCUT2D eigenvalue weighted by Gasteiger charge is -2.41. The molecule has 4 unspecified atom stereocenters. The van der Waals surface area contributed by atoms with Crippen LogP contribution >= 0.6 is 21.6 Å². The van der Waals surface area contributed by atoms with Crippen LogP contribution in [0.4, 0.5) is 8.78 Å².